The van der Waals surface area contributed by atoms with Crippen LogP contribution in [-0.2, 0) is 0 Å². The highest BCUT2D eigenvalue weighted by Crippen LogP contribution is 2.32. The Balaban J connectivity index is 0.000000163. The lowest BCUT2D eigenvalue weighted by atomic mass is 9.84. The van der Waals surface area contributed by atoms with Crippen molar-refractivity contribution in [2.75, 3.05) is 0 Å². The van der Waals surface area contributed by atoms with Crippen molar-refractivity contribution in [1.29, 1.82) is 0 Å². The van der Waals surface area contributed by atoms with E-state index >= 15 is 0 Å². The fraction of sp³-hybridized carbons (Fsp3) is 0.400. The summed E-state index contributed by atoms with van der Waals surface area (Å²) in [7, 11) is 0. The molecule has 0 saturated heterocycles. The largest absolute Gasteiger partial charge is 0.272 e. The zero-order chi connectivity index (χ0) is 13.3. The van der Waals surface area contributed by atoms with Crippen molar-refractivity contribution in [2.24, 2.45) is 5.14 Å². The summed E-state index contributed by atoms with van der Waals surface area (Å²) >= 11 is 2.73. The molecule has 0 radical (unpaired) electrons. The molecule has 0 unspecified atom stereocenters. The minimum atomic E-state index is 0.861. The molecule has 1 aromatic heterocycles. The van der Waals surface area contributed by atoms with Gasteiger partial charge in [0, 0.05) is 11.6 Å². The second-order valence-electron chi connectivity index (χ2n) is 4.66. The molecule has 19 heavy (non-hydrogen) atoms. The Hall–Kier alpha value is -0.840. The molecule has 1 saturated carbocycles. The predicted octanol–water partition coefficient (Wildman–Crippen LogP) is 4.84. The quantitative estimate of drug-likeness (QED) is 0.805. The number of benzene rings is 1. The first-order valence-electron chi connectivity index (χ1n) is 6.71. The van der Waals surface area contributed by atoms with E-state index in [1.54, 1.807) is 23.1 Å². The Morgan fingerprint density at radius 2 is 1.84 bits per heavy atom. The fourth-order valence-electron chi connectivity index (χ4n) is 2.43. The highest BCUT2D eigenvalue weighted by molar-refractivity contribution is 7.98. The van der Waals surface area contributed by atoms with Crippen LogP contribution in [0.25, 0.3) is 0 Å². The maximum absolute atomic E-state index is 5.16. The van der Waals surface area contributed by atoms with Crippen LogP contribution in [0.2, 0.25) is 0 Å². The average Bonchev–Trinajstić information content (AvgIpc) is 3.03. The van der Waals surface area contributed by atoms with Crippen molar-refractivity contribution in [2.45, 2.75) is 42.4 Å². The molecule has 2 N–H and O–H groups in total. The van der Waals surface area contributed by atoms with E-state index < -0.39 is 0 Å². The molecule has 0 bridgehead atoms. The number of hydrogen-bond donors (Lipinski definition) is 1. The number of nitrogens with two attached hydrogens (primary N) is 1. The zero-order valence-corrected chi connectivity index (χ0v) is 12.6. The minimum absolute atomic E-state index is 0.861. The molecule has 2 aromatic rings. The van der Waals surface area contributed by atoms with E-state index in [4.69, 9.17) is 5.14 Å². The number of aromatic nitrogens is 1. The highest BCUT2D eigenvalue weighted by Gasteiger charge is 2.14. The van der Waals surface area contributed by atoms with Gasteiger partial charge in [0.1, 0.15) is 0 Å². The lowest BCUT2D eigenvalue weighted by Crippen LogP contribution is -2.03. The Kier molecular flexibility index (Phi) is 6.41. The minimum Gasteiger partial charge on any atom is -0.272 e. The average molecular weight is 292 g/mol. The molecule has 0 spiro atoms. The van der Waals surface area contributed by atoms with E-state index in [2.05, 4.69) is 35.3 Å². The topological polar surface area (TPSA) is 38.9 Å². The molecule has 0 atom stereocenters. The number of thiazole rings is 1. The zero-order valence-electron chi connectivity index (χ0n) is 11.0. The van der Waals surface area contributed by atoms with Gasteiger partial charge in [-0.3, -0.25) is 5.14 Å². The standard InChI is InChI=1S/C12H16.C3H4N2S2/c1-3-7-11(8-4-1)12-9-5-2-6-10-12;4-7-3-5-1-2-6-3/h1,3-4,7-8,12H,2,5-6,9-10H2;1-2H,4H2. The molecule has 1 aromatic carbocycles. The van der Waals surface area contributed by atoms with Crippen molar-refractivity contribution in [3.8, 4) is 0 Å². The van der Waals surface area contributed by atoms with E-state index in [0.29, 0.717) is 0 Å². The van der Waals surface area contributed by atoms with Crippen LogP contribution >= 0.6 is 23.3 Å². The maximum Gasteiger partial charge on any atom is 0.164 e. The van der Waals surface area contributed by atoms with Crippen molar-refractivity contribution < 1.29 is 0 Å². The molecule has 102 valence electrons. The monoisotopic (exact) mass is 292 g/mol. The Labute approximate surface area is 123 Å². The first-order valence-corrected chi connectivity index (χ1v) is 8.47. The molecule has 1 aliphatic carbocycles. The molecule has 1 fully saturated rings. The molecule has 0 amide bonds. The number of nitrogens with zero attached hydrogens (tertiary/aromatic N) is 1. The number of hydrogen-bond acceptors (Lipinski definition) is 4. The lowest BCUT2D eigenvalue weighted by Gasteiger charge is -2.21. The normalized spacial score (nSPS) is 15.6. The summed E-state index contributed by atoms with van der Waals surface area (Å²) in [5.74, 6) is 0.861. The molecular formula is C15H20N2S2. The van der Waals surface area contributed by atoms with E-state index in [0.717, 1.165) is 10.3 Å². The van der Waals surface area contributed by atoms with Crippen molar-refractivity contribution >= 4 is 23.3 Å². The molecule has 4 heteroatoms. The first kappa shape index (κ1) is 14.6. The van der Waals surface area contributed by atoms with Gasteiger partial charge in [-0.2, -0.15) is 0 Å². The molecular weight excluding hydrogens is 272 g/mol. The van der Waals surface area contributed by atoms with E-state index in [9.17, 15) is 0 Å². The summed E-state index contributed by atoms with van der Waals surface area (Å²) in [4.78, 5) is 3.89. The molecule has 3 rings (SSSR count). The fourth-order valence-corrected chi connectivity index (χ4v) is 3.30. The second-order valence-corrected chi connectivity index (χ2v) is 6.44. The first-order chi connectivity index (χ1) is 9.40. The van der Waals surface area contributed by atoms with Crippen LogP contribution < -0.4 is 5.14 Å². The van der Waals surface area contributed by atoms with Gasteiger partial charge in [0.05, 0.1) is 0 Å². The molecule has 1 aliphatic rings. The summed E-state index contributed by atoms with van der Waals surface area (Å²) in [5, 5.41) is 7.06. The van der Waals surface area contributed by atoms with Crippen LogP contribution in [0.1, 0.15) is 43.6 Å². The van der Waals surface area contributed by atoms with Crippen LogP contribution in [-0.4, -0.2) is 4.98 Å². The van der Waals surface area contributed by atoms with Gasteiger partial charge in [-0.05, 0) is 36.3 Å². The summed E-state index contributed by atoms with van der Waals surface area (Å²) in [6.45, 7) is 0. The Morgan fingerprint density at radius 1 is 1.11 bits per heavy atom. The second kappa shape index (κ2) is 8.35. The van der Waals surface area contributed by atoms with Crippen molar-refractivity contribution in [3.05, 3.63) is 47.5 Å². The summed E-state index contributed by atoms with van der Waals surface area (Å²) in [6, 6.07) is 11.0. The SMILES string of the molecule is NSc1nccs1.c1ccc(C2CCCCC2)cc1. The van der Waals surface area contributed by atoms with E-state index in [1.807, 2.05) is 5.38 Å². The Bertz CT molecular complexity index is 436. The molecule has 0 aliphatic heterocycles. The maximum atomic E-state index is 5.16. The Morgan fingerprint density at radius 3 is 2.37 bits per heavy atom. The lowest BCUT2D eigenvalue weighted by molar-refractivity contribution is 0.443. The van der Waals surface area contributed by atoms with Gasteiger partial charge in [0.2, 0.25) is 0 Å². The van der Waals surface area contributed by atoms with E-state index in [-0.39, 0.29) is 0 Å². The van der Waals surface area contributed by atoms with Gasteiger partial charge in [-0.1, -0.05) is 49.6 Å². The van der Waals surface area contributed by atoms with Crippen LogP contribution in [0.15, 0.2) is 46.2 Å². The van der Waals surface area contributed by atoms with Crippen molar-refractivity contribution in [1.82, 2.24) is 4.98 Å². The van der Waals surface area contributed by atoms with Gasteiger partial charge in [0.15, 0.2) is 4.34 Å². The summed E-state index contributed by atoms with van der Waals surface area (Å²) in [6.07, 6.45) is 8.86. The van der Waals surface area contributed by atoms with Crippen LogP contribution in [0.5, 0.6) is 0 Å². The van der Waals surface area contributed by atoms with Gasteiger partial charge in [-0.25, -0.2) is 4.98 Å². The van der Waals surface area contributed by atoms with Crippen LogP contribution in [0, 0.1) is 0 Å². The molecule has 2 nitrogen and oxygen atoms in total. The summed E-state index contributed by atoms with van der Waals surface area (Å²) in [5.41, 5.74) is 1.55. The third-order valence-corrected chi connectivity index (χ3v) is 4.84. The van der Waals surface area contributed by atoms with Gasteiger partial charge < -0.3 is 0 Å². The van der Waals surface area contributed by atoms with Crippen LogP contribution in [0.4, 0.5) is 0 Å². The predicted molar refractivity (Wildman–Crippen MR) is 84.4 cm³/mol. The smallest absolute Gasteiger partial charge is 0.164 e. The van der Waals surface area contributed by atoms with Gasteiger partial charge >= 0.3 is 0 Å². The third kappa shape index (κ3) is 4.97. The third-order valence-electron chi connectivity index (χ3n) is 3.39. The molecule has 1 heterocycles. The van der Waals surface area contributed by atoms with Gasteiger partial charge in [0.25, 0.3) is 0 Å². The number of rotatable bonds is 2. The van der Waals surface area contributed by atoms with Crippen LogP contribution in [0.3, 0.4) is 0 Å². The highest BCUT2D eigenvalue weighted by atomic mass is 32.2. The van der Waals surface area contributed by atoms with Gasteiger partial charge in [-0.15, -0.1) is 11.3 Å². The summed E-state index contributed by atoms with van der Waals surface area (Å²) < 4.78 is 0.917. The van der Waals surface area contributed by atoms with Crippen molar-refractivity contribution in [3.63, 3.8) is 0 Å². The van der Waals surface area contributed by atoms with E-state index in [1.165, 1.54) is 44.1 Å².